The molecular weight excluding hydrogens is 504 g/mol. The Morgan fingerprint density at radius 2 is 1.89 bits per heavy atom. The third-order valence-electron chi connectivity index (χ3n) is 7.62. The molecule has 8 heteroatoms. The van der Waals surface area contributed by atoms with Gasteiger partial charge in [0.15, 0.2) is 5.11 Å². The SMILES string of the molecule is COCCOc1ccc(N2C(=S)N[C@@H](c3ccccn3)[C@H]2c2cc(C)n(C3CCCCC3)c2C)cc1Cl. The third-order valence-corrected chi connectivity index (χ3v) is 8.23. The van der Waals surface area contributed by atoms with Crippen LogP contribution in [0.2, 0.25) is 5.02 Å². The van der Waals surface area contributed by atoms with Crippen molar-refractivity contribution in [1.29, 1.82) is 0 Å². The molecule has 1 saturated carbocycles. The maximum Gasteiger partial charge on any atom is 0.174 e. The van der Waals surface area contributed by atoms with E-state index in [1.54, 1.807) is 7.11 Å². The van der Waals surface area contributed by atoms with Crippen molar-refractivity contribution >= 4 is 34.6 Å². The number of hydrogen-bond donors (Lipinski definition) is 1. The van der Waals surface area contributed by atoms with Crippen LogP contribution in [0.4, 0.5) is 5.69 Å². The fourth-order valence-corrected chi connectivity index (χ4v) is 6.52. The molecule has 1 aliphatic heterocycles. The first kappa shape index (κ1) is 26.0. The van der Waals surface area contributed by atoms with Crippen LogP contribution in [-0.4, -0.2) is 35.0 Å². The molecule has 5 rings (SSSR count). The topological polar surface area (TPSA) is 51.6 Å². The van der Waals surface area contributed by atoms with Gasteiger partial charge in [0.25, 0.3) is 0 Å². The van der Waals surface area contributed by atoms with E-state index in [1.807, 2.05) is 36.5 Å². The summed E-state index contributed by atoms with van der Waals surface area (Å²) in [5.74, 6) is 0.633. The van der Waals surface area contributed by atoms with Crippen molar-refractivity contribution in [3.8, 4) is 5.75 Å². The van der Waals surface area contributed by atoms with Crippen LogP contribution < -0.4 is 15.0 Å². The normalized spacial score (nSPS) is 20.3. The van der Waals surface area contributed by atoms with E-state index in [-0.39, 0.29) is 12.1 Å². The van der Waals surface area contributed by atoms with Gasteiger partial charge in [0.2, 0.25) is 0 Å². The summed E-state index contributed by atoms with van der Waals surface area (Å²) in [4.78, 5) is 6.89. The molecular formula is C29H35ClN4O2S. The van der Waals surface area contributed by atoms with Crippen molar-refractivity contribution in [3.63, 3.8) is 0 Å². The highest BCUT2D eigenvalue weighted by molar-refractivity contribution is 7.80. The predicted octanol–water partition coefficient (Wildman–Crippen LogP) is 6.86. The number of pyridine rings is 1. The second kappa shape index (κ2) is 11.4. The van der Waals surface area contributed by atoms with E-state index in [1.165, 1.54) is 49.1 Å². The minimum atomic E-state index is -0.0922. The van der Waals surface area contributed by atoms with Gasteiger partial charge in [-0.1, -0.05) is 36.9 Å². The minimum Gasteiger partial charge on any atom is -0.490 e. The molecule has 3 aromatic rings. The molecule has 0 spiro atoms. The smallest absolute Gasteiger partial charge is 0.174 e. The lowest BCUT2D eigenvalue weighted by molar-refractivity contribution is 0.146. The molecule has 0 radical (unpaired) electrons. The zero-order valence-corrected chi connectivity index (χ0v) is 23.3. The van der Waals surface area contributed by atoms with Gasteiger partial charge in [0.05, 0.1) is 29.4 Å². The van der Waals surface area contributed by atoms with E-state index in [4.69, 9.17) is 38.3 Å². The Morgan fingerprint density at radius 1 is 1.08 bits per heavy atom. The number of rotatable bonds is 8. The lowest BCUT2D eigenvalue weighted by atomic mass is 9.94. The fraction of sp³-hybridized carbons (Fsp3) is 0.448. The van der Waals surface area contributed by atoms with Gasteiger partial charge in [-0.15, -0.1) is 0 Å². The summed E-state index contributed by atoms with van der Waals surface area (Å²) in [5.41, 5.74) is 5.76. The van der Waals surface area contributed by atoms with Crippen molar-refractivity contribution in [1.82, 2.24) is 14.9 Å². The maximum atomic E-state index is 6.67. The van der Waals surface area contributed by atoms with Crippen LogP contribution in [0.3, 0.4) is 0 Å². The molecule has 2 aliphatic rings. The monoisotopic (exact) mass is 538 g/mol. The van der Waals surface area contributed by atoms with Crippen LogP contribution in [0.25, 0.3) is 0 Å². The van der Waals surface area contributed by atoms with Crippen LogP contribution in [0.5, 0.6) is 5.75 Å². The number of aromatic nitrogens is 2. The predicted molar refractivity (Wildman–Crippen MR) is 153 cm³/mol. The number of hydrogen-bond acceptors (Lipinski definition) is 4. The number of nitrogens with one attached hydrogen (secondary N) is 1. The van der Waals surface area contributed by atoms with Gasteiger partial charge >= 0.3 is 0 Å². The number of benzene rings is 1. The lowest BCUT2D eigenvalue weighted by Crippen LogP contribution is -2.29. The Kier molecular flexibility index (Phi) is 8.03. The number of thiocarbonyl (C=S) groups is 1. The van der Waals surface area contributed by atoms with E-state index < -0.39 is 0 Å². The first-order valence-electron chi connectivity index (χ1n) is 13.1. The molecule has 2 aromatic heterocycles. The summed E-state index contributed by atoms with van der Waals surface area (Å²) in [6, 6.07) is 14.7. The minimum absolute atomic E-state index is 0.0673. The molecule has 1 N–H and O–H groups in total. The number of nitrogens with zero attached hydrogens (tertiary/aromatic N) is 3. The number of aryl methyl sites for hydroxylation is 1. The first-order chi connectivity index (χ1) is 18.0. The molecule has 37 heavy (non-hydrogen) atoms. The largest absolute Gasteiger partial charge is 0.490 e. The van der Waals surface area contributed by atoms with Crippen LogP contribution in [0.15, 0.2) is 48.7 Å². The Bertz CT molecular complexity index is 1240. The fourth-order valence-electron chi connectivity index (χ4n) is 5.94. The van der Waals surface area contributed by atoms with Crippen molar-refractivity contribution in [2.24, 2.45) is 0 Å². The van der Waals surface area contributed by atoms with Crippen LogP contribution in [-0.2, 0) is 4.74 Å². The Morgan fingerprint density at radius 3 is 2.59 bits per heavy atom. The molecule has 3 heterocycles. The number of methoxy groups -OCH3 is 1. The second-order valence-electron chi connectivity index (χ2n) is 9.94. The standard InChI is InChI=1S/C29H35ClN4O2S/c1-19-17-23(20(2)33(19)21-9-5-4-6-10-21)28-27(25-11-7-8-14-31-25)32-29(37)34(28)22-12-13-26(24(30)18-22)36-16-15-35-3/h7-8,11-14,17-18,21,27-28H,4-6,9-10,15-16H2,1-3H3,(H,32,37)/t27-,28+/m0/s1. The molecule has 0 bridgehead atoms. The lowest BCUT2D eigenvalue weighted by Gasteiger charge is -2.30. The van der Waals surface area contributed by atoms with E-state index >= 15 is 0 Å². The summed E-state index contributed by atoms with van der Waals surface area (Å²) < 4.78 is 13.4. The first-order valence-corrected chi connectivity index (χ1v) is 13.9. The summed E-state index contributed by atoms with van der Waals surface area (Å²) in [5, 5.41) is 4.78. The summed E-state index contributed by atoms with van der Waals surface area (Å²) in [7, 11) is 1.65. The molecule has 0 unspecified atom stereocenters. The highest BCUT2D eigenvalue weighted by Crippen LogP contribution is 2.45. The van der Waals surface area contributed by atoms with Gasteiger partial charge in [-0.05, 0) is 80.9 Å². The summed E-state index contributed by atoms with van der Waals surface area (Å²) >= 11 is 12.6. The maximum absolute atomic E-state index is 6.67. The van der Waals surface area contributed by atoms with Gasteiger partial charge < -0.3 is 24.3 Å². The van der Waals surface area contributed by atoms with Crippen molar-refractivity contribution < 1.29 is 9.47 Å². The average Bonchev–Trinajstić information content (AvgIpc) is 3.41. The Hall–Kier alpha value is -2.61. The van der Waals surface area contributed by atoms with Gasteiger partial charge in [-0.3, -0.25) is 4.98 Å². The molecule has 196 valence electrons. The Labute approximate surface area is 229 Å². The molecule has 2 atom stereocenters. The summed E-state index contributed by atoms with van der Waals surface area (Å²) in [6.45, 7) is 5.43. The van der Waals surface area contributed by atoms with Gasteiger partial charge in [0, 0.05) is 36.4 Å². The zero-order chi connectivity index (χ0) is 25.9. The van der Waals surface area contributed by atoms with Crippen molar-refractivity contribution in [2.75, 3.05) is 25.2 Å². The highest BCUT2D eigenvalue weighted by Gasteiger charge is 2.42. The second-order valence-corrected chi connectivity index (χ2v) is 10.7. The molecule has 1 aliphatic carbocycles. The summed E-state index contributed by atoms with van der Waals surface area (Å²) in [6.07, 6.45) is 8.26. The highest BCUT2D eigenvalue weighted by atomic mass is 35.5. The zero-order valence-electron chi connectivity index (χ0n) is 21.7. The van der Waals surface area contributed by atoms with Crippen LogP contribution in [0, 0.1) is 13.8 Å². The van der Waals surface area contributed by atoms with Crippen molar-refractivity contribution in [3.05, 3.63) is 76.3 Å². The van der Waals surface area contributed by atoms with Crippen LogP contribution >= 0.6 is 23.8 Å². The van der Waals surface area contributed by atoms with E-state index in [0.29, 0.717) is 35.1 Å². The third kappa shape index (κ3) is 5.22. The van der Waals surface area contributed by atoms with E-state index in [2.05, 4.69) is 40.8 Å². The number of ether oxygens (including phenoxy) is 2. The molecule has 1 saturated heterocycles. The van der Waals surface area contributed by atoms with Gasteiger partial charge in [-0.25, -0.2) is 0 Å². The molecule has 2 fully saturated rings. The quantitative estimate of drug-likeness (QED) is 0.250. The van der Waals surface area contributed by atoms with Gasteiger partial charge in [0.1, 0.15) is 12.4 Å². The number of anilines is 1. The van der Waals surface area contributed by atoms with Gasteiger partial charge in [-0.2, -0.15) is 0 Å². The van der Waals surface area contributed by atoms with Crippen LogP contribution in [0.1, 0.15) is 72.9 Å². The molecule has 6 nitrogen and oxygen atoms in total. The Balaban J connectivity index is 1.56. The molecule has 1 aromatic carbocycles. The van der Waals surface area contributed by atoms with Crippen molar-refractivity contribution in [2.45, 2.75) is 64.1 Å². The average molecular weight is 539 g/mol. The van der Waals surface area contributed by atoms with E-state index in [0.717, 1.165) is 11.4 Å². The molecule has 0 amide bonds. The van der Waals surface area contributed by atoms with E-state index in [9.17, 15) is 0 Å². The number of halogens is 1.